The number of guanidine groups is 1. The Morgan fingerprint density at radius 3 is 2.62 bits per heavy atom. The van der Waals surface area contributed by atoms with Crippen molar-refractivity contribution in [1.29, 1.82) is 0 Å². The zero-order chi connectivity index (χ0) is 22.1. The number of hydrogen-bond donors (Lipinski definition) is 2. The number of rotatable bonds is 8. The van der Waals surface area contributed by atoms with Crippen molar-refractivity contribution in [2.24, 2.45) is 4.99 Å². The topological polar surface area (TPSA) is 66.7 Å². The lowest BCUT2D eigenvalue weighted by molar-refractivity contribution is -0.0352. The normalized spacial score (nSPS) is 19.6. The van der Waals surface area contributed by atoms with Crippen molar-refractivity contribution in [2.75, 3.05) is 46.4 Å². The quantitative estimate of drug-likeness (QED) is 0.490. The molecular formula is C25H38N6O. The summed E-state index contributed by atoms with van der Waals surface area (Å²) in [5, 5.41) is 7.14. The number of imidazole rings is 1. The Kier molecular flexibility index (Phi) is 8.18. The van der Waals surface area contributed by atoms with Gasteiger partial charge in [0.05, 0.1) is 13.2 Å². The first-order chi connectivity index (χ1) is 15.8. The number of morpholine rings is 1. The van der Waals surface area contributed by atoms with Crippen LogP contribution in [0.2, 0.25) is 0 Å². The monoisotopic (exact) mass is 438 g/mol. The molecule has 1 aromatic heterocycles. The largest absolute Gasteiger partial charge is 0.379 e. The van der Waals surface area contributed by atoms with Gasteiger partial charge in [-0.15, -0.1) is 0 Å². The lowest BCUT2D eigenvalue weighted by Gasteiger charge is -2.48. The Hall–Kier alpha value is -2.38. The Bertz CT molecular complexity index is 837. The molecule has 2 N–H and O–H groups in total. The number of aromatic nitrogens is 2. The van der Waals surface area contributed by atoms with Crippen molar-refractivity contribution in [2.45, 2.75) is 50.6 Å². The molecule has 2 aromatic rings. The van der Waals surface area contributed by atoms with E-state index in [2.05, 4.69) is 66.6 Å². The molecule has 2 aliphatic rings. The number of ether oxygens (including phenoxy) is 1. The summed E-state index contributed by atoms with van der Waals surface area (Å²) in [6, 6.07) is 10.5. The van der Waals surface area contributed by atoms with Crippen LogP contribution in [-0.2, 0) is 17.7 Å². The summed E-state index contributed by atoms with van der Waals surface area (Å²) in [6.07, 6.45) is 11.3. The van der Waals surface area contributed by atoms with Gasteiger partial charge in [-0.05, 0) is 18.4 Å². The minimum Gasteiger partial charge on any atom is -0.379 e. The second kappa shape index (κ2) is 11.5. The van der Waals surface area contributed by atoms with E-state index in [1.165, 1.54) is 37.7 Å². The Labute approximate surface area is 192 Å². The van der Waals surface area contributed by atoms with E-state index in [1.54, 1.807) is 0 Å². The predicted molar refractivity (Wildman–Crippen MR) is 129 cm³/mol. The molecule has 1 saturated heterocycles. The van der Waals surface area contributed by atoms with Crippen LogP contribution in [0.25, 0.3) is 0 Å². The van der Waals surface area contributed by atoms with E-state index >= 15 is 0 Å². The van der Waals surface area contributed by atoms with Crippen molar-refractivity contribution < 1.29 is 4.74 Å². The van der Waals surface area contributed by atoms with Gasteiger partial charge in [0, 0.05) is 64.1 Å². The van der Waals surface area contributed by atoms with Crippen LogP contribution in [0.15, 0.2) is 47.7 Å². The number of nitrogens with zero attached hydrogens (tertiary/aromatic N) is 4. The average molecular weight is 439 g/mol. The Balaban J connectivity index is 1.28. The minimum atomic E-state index is 0.228. The molecule has 2 fully saturated rings. The molecule has 7 nitrogen and oxygen atoms in total. The minimum absolute atomic E-state index is 0.228. The van der Waals surface area contributed by atoms with E-state index in [1.807, 2.05) is 13.2 Å². The summed E-state index contributed by atoms with van der Waals surface area (Å²) in [5.74, 6) is 1.97. The number of nitrogens with one attached hydrogen (secondary N) is 2. The maximum absolute atomic E-state index is 5.61. The van der Waals surface area contributed by atoms with Gasteiger partial charge in [0.2, 0.25) is 0 Å². The van der Waals surface area contributed by atoms with Crippen molar-refractivity contribution in [3.05, 3.63) is 54.1 Å². The summed E-state index contributed by atoms with van der Waals surface area (Å²) in [4.78, 5) is 11.7. The molecule has 2 heterocycles. The van der Waals surface area contributed by atoms with Crippen molar-refractivity contribution in [3.63, 3.8) is 0 Å². The molecule has 32 heavy (non-hydrogen) atoms. The molecular weight excluding hydrogens is 400 g/mol. The third kappa shape index (κ3) is 5.90. The van der Waals surface area contributed by atoms with Gasteiger partial charge in [0.1, 0.15) is 5.82 Å². The van der Waals surface area contributed by atoms with Crippen LogP contribution >= 0.6 is 0 Å². The van der Waals surface area contributed by atoms with Crippen LogP contribution in [0.4, 0.5) is 0 Å². The highest BCUT2D eigenvalue weighted by atomic mass is 16.5. The van der Waals surface area contributed by atoms with E-state index in [0.717, 1.165) is 64.1 Å². The van der Waals surface area contributed by atoms with Crippen molar-refractivity contribution in [1.82, 2.24) is 25.1 Å². The second-order valence-corrected chi connectivity index (χ2v) is 8.94. The Morgan fingerprint density at radius 2 is 1.88 bits per heavy atom. The smallest absolute Gasteiger partial charge is 0.191 e. The van der Waals surface area contributed by atoms with Crippen LogP contribution in [-0.4, -0.2) is 72.4 Å². The number of benzene rings is 1. The van der Waals surface area contributed by atoms with Crippen LogP contribution in [0.3, 0.4) is 0 Å². The second-order valence-electron chi connectivity index (χ2n) is 8.94. The maximum Gasteiger partial charge on any atom is 0.191 e. The highest BCUT2D eigenvalue weighted by Gasteiger charge is 2.38. The molecule has 1 aliphatic carbocycles. The molecule has 1 aliphatic heterocycles. The highest BCUT2D eigenvalue weighted by molar-refractivity contribution is 5.79. The first-order valence-corrected chi connectivity index (χ1v) is 12.1. The van der Waals surface area contributed by atoms with E-state index in [0.29, 0.717) is 0 Å². The molecule has 0 unspecified atom stereocenters. The lowest BCUT2D eigenvalue weighted by Crippen LogP contribution is -2.60. The third-order valence-corrected chi connectivity index (χ3v) is 6.91. The molecule has 0 bridgehead atoms. The fourth-order valence-corrected chi connectivity index (χ4v) is 5.11. The molecule has 0 amide bonds. The maximum atomic E-state index is 5.61. The first-order valence-electron chi connectivity index (χ1n) is 12.1. The molecule has 0 spiro atoms. The number of hydrogen-bond acceptors (Lipinski definition) is 4. The third-order valence-electron chi connectivity index (χ3n) is 6.91. The van der Waals surface area contributed by atoms with Gasteiger partial charge < -0.3 is 19.9 Å². The van der Waals surface area contributed by atoms with Crippen LogP contribution < -0.4 is 10.6 Å². The number of aliphatic imine (C=N–C) groups is 1. The summed E-state index contributed by atoms with van der Waals surface area (Å²) in [5.41, 5.74) is 1.52. The lowest BCUT2D eigenvalue weighted by atomic mass is 9.80. The van der Waals surface area contributed by atoms with Crippen molar-refractivity contribution >= 4 is 5.96 Å². The van der Waals surface area contributed by atoms with E-state index < -0.39 is 0 Å². The molecule has 0 atom stereocenters. The zero-order valence-electron chi connectivity index (χ0n) is 19.4. The zero-order valence-corrected chi connectivity index (χ0v) is 19.4. The molecule has 7 heteroatoms. The van der Waals surface area contributed by atoms with Crippen LogP contribution in [0.5, 0.6) is 0 Å². The van der Waals surface area contributed by atoms with Gasteiger partial charge in [-0.3, -0.25) is 9.89 Å². The fourth-order valence-electron chi connectivity index (χ4n) is 5.11. The fraction of sp³-hybridized carbons (Fsp3) is 0.600. The van der Waals surface area contributed by atoms with Gasteiger partial charge in [-0.2, -0.15) is 0 Å². The Morgan fingerprint density at radius 1 is 1.09 bits per heavy atom. The van der Waals surface area contributed by atoms with Crippen LogP contribution in [0, 0.1) is 0 Å². The van der Waals surface area contributed by atoms with Gasteiger partial charge in [-0.1, -0.05) is 49.6 Å². The summed E-state index contributed by atoms with van der Waals surface area (Å²) in [7, 11) is 1.86. The first kappa shape index (κ1) is 22.8. The van der Waals surface area contributed by atoms with Crippen LogP contribution in [0.1, 0.15) is 43.5 Å². The van der Waals surface area contributed by atoms with E-state index in [9.17, 15) is 0 Å². The predicted octanol–water partition coefficient (Wildman–Crippen LogP) is 2.67. The molecule has 1 saturated carbocycles. The highest BCUT2D eigenvalue weighted by Crippen LogP contribution is 2.33. The summed E-state index contributed by atoms with van der Waals surface area (Å²) in [6.45, 7) is 6.38. The average Bonchev–Trinajstić information content (AvgIpc) is 3.29. The van der Waals surface area contributed by atoms with Gasteiger partial charge >= 0.3 is 0 Å². The molecule has 0 radical (unpaired) electrons. The molecule has 4 rings (SSSR count). The molecule has 1 aromatic carbocycles. The van der Waals surface area contributed by atoms with Gasteiger partial charge in [-0.25, -0.2) is 4.98 Å². The van der Waals surface area contributed by atoms with E-state index in [4.69, 9.17) is 4.74 Å². The summed E-state index contributed by atoms with van der Waals surface area (Å²) >= 11 is 0. The van der Waals surface area contributed by atoms with Gasteiger partial charge in [0.25, 0.3) is 0 Å². The summed E-state index contributed by atoms with van der Waals surface area (Å²) < 4.78 is 7.84. The SMILES string of the molecule is CN=C(NCCc1nccn1Cc1ccccc1)NCC1(N2CCOCC2)CCCCC1. The molecule has 174 valence electrons. The standard InChI is InChI=1S/C25H38N6O/c1-26-24(29-21-25(11-6-3-7-12-25)31-16-18-32-19-17-31)28-13-10-23-27-14-15-30(23)20-22-8-4-2-5-9-22/h2,4-5,8-9,14-15H,3,6-7,10-13,16-21H2,1H3,(H2,26,28,29). The van der Waals surface area contributed by atoms with Crippen molar-refractivity contribution in [3.8, 4) is 0 Å². The van der Waals surface area contributed by atoms with Gasteiger partial charge in [0.15, 0.2) is 5.96 Å². The van der Waals surface area contributed by atoms with E-state index in [-0.39, 0.29) is 5.54 Å².